The van der Waals surface area contributed by atoms with E-state index in [-0.39, 0.29) is 23.2 Å². The molecular formula is C22H23N3O3. The third-order valence-corrected chi connectivity index (χ3v) is 5.24. The van der Waals surface area contributed by atoms with Gasteiger partial charge >= 0.3 is 0 Å². The average molecular weight is 377 g/mol. The minimum absolute atomic E-state index is 0.173. The van der Waals surface area contributed by atoms with E-state index in [1.807, 2.05) is 36.4 Å². The first-order chi connectivity index (χ1) is 13.7. The standard InChI is InChI=1S/C22H23N3O3/c1-28-16-7-4-15(5-8-16)6-10-19(26)17-14-23-18-9-11-20(24-21(18)22(17)27)25-12-2-3-13-25/h4-5,7-9,11,14H,2-3,6,10,12-13H2,1H3,(H,23,27). The van der Waals surface area contributed by atoms with Crippen molar-refractivity contribution in [1.29, 1.82) is 0 Å². The van der Waals surface area contributed by atoms with Crippen LogP contribution in [-0.4, -0.2) is 36.0 Å². The van der Waals surface area contributed by atoms with Crippen LogP contribution in [0.5, 0.6) is 5.75 Å². The number of hydrogen-bond acceptors (Lipinski definition) is 5. The zero-order chi connectivity index (χ0) is 19.5. The molecule has 6 heteroatoms. The van der Waals surface area contributed by atoms with Crippen molar-refractivity contribution in [3.05, 3.63) is 63.9 Å². The van der Waals surface area contributed by atoms with Gasteiger partial charge in [0.1, 0.15) is 17.1 Å². The number of pyridine rings is 2. The Hall–Kier alpha value is -3.15. The molecule has 1 aliphatic heterocycles. The number of nitrogens with zero attached hydrogens (tertiary/aromatic N) is 2. The van der Waals surface area contributed by atoms with E-state index >= 15 is 0 Å². The van der Waals surface area contributed by atoms with Crippen LogP contribution in [0.2, 0.25) is 0 Å². The fourth-order valence-corrected chi connectivity index (χ4v) is 3.60. The summed E-state index contributed by atoms with van der Waals surface area (Å²) in [6, 6.07) is 11.4. The molecule has 0 bridgehead atoms. The van der Waals surface area contributed by atoms with Crippen LogP contribution in [0.15, 0.2) is 47.4 Å². The normalized spacial score (nSPS) is 13.8. The molecule has 0 radical (unpaired) electrons. The van der Waals surface area contributed by atoms with Gasteiger partial charge in [0.15, 0.2) is 5.78 Å². The first-order valence-electron chi connectivity index (χ1n) is 9.59. The number of carbonyl (C=O) groups is 1. The second kappa shape index (κ2) is 7.84. The number of ether oxygens (including phenoxy) is 1. The van der Waals surface area contributed by atoms with Crippen molar-refractivity contribution in [3.63, 3.8) is 0 Å². The molecule has 28 heavy (non-hydrogen) atoms. The van der Waals surface area contributed by atoms with E-state index in [0.717, 1.165) is 43.1 Å². The Morgan fingerprint density at radius 3 is 2.61 bits per heavy atom. The number of aromatic nitrogens is 2. The van der Waals surface area contributed by atoms with Crippen LogP contribution >= 0.6 is 0 Å². The zero-order valence-electron chi connectivity index (χ0n) is 15.9. The van der Waals surface area contributed by atoms with Crippen molar-refractivity contribution in [3.8, 4) is 5.75 Å². The fraction of sp³-hybridized carbons (Fsp3) is 0.318. The van der Waals surface area contributed by atoms with Gasteiger partial charge in [-0.05, 0) is 49.1 Å². The maximum absolute atomic E-state index is 12.9. The summed E-state index contributed by atoms with van der Waals surface area (Å²) in [5.74, 6) is 1.41. The van der Waals surface area contributed by atoms with Crippen LogP contribution in [-0.2, 0) is 6.42 Å². The van der Waals surface area contributed by atoms with Gasteiger partial charge in [0, 0.05) is 25.7 Å². The number of nitrogens with one attached hydrogen (secondary N) is 1. The first-order valence-corrected chi connectivity index (χ1v) is 9.59. The zero-order valence-corrected chi connectivity index (χ0v) is 15.9. The highest BCUT2D eigenvalue weighted by molar-refractivity contribution is 5.98. The number of hydrogen-bond donors (Lipinski definition) is 1. The molecule has 0 spiro atoms. The van der Waals surface area contributed by atoms with E-state index in [1.165, 1.54) is 6.20 Å². The highest BCUT2D eigenvalue weighted by atomic mass is 16.5. The number of Topliss-reactive ketones (excluding diaryl/α,β-unsaturated/α-hetero) is 1. The molecule has 3 heterocycles. The second-order valence-corrected chi connectivity index (χ2v) is 7.06. The number of aromatic amines is 1. The van der Waals surface area contributed by atoms with Crippen molar-refractivity contribution < 1.29 is 9.53 Å². The highest BCUT2D eigenvalue weighted by Crippen LogP contribution is 2.20. The van der Waals surface area contributed by atoms with Gasteiger partial charge < -0.3 is 14.6 Å². The Morgan fingerprint density at radius 2 is 1.89 bits per heavy atom. The number of H-pyrrole nitrogens is 1. The number of benzene rings is 1. The summed E-state index contributed by atoms with van der Waals surface area (Å²) in [6.45, 7) is 1.91. The Morgan fingerprint density at radius 1 is 1.14 bits per heavy atom. The minimum Gasteiger partial charge on any atom is -0.497 e. The Bertz CT molecular complexity index is 1050. The van der Waals surface area contributed by atoms with Crippen LogP contribution in [0.4, 0.5) is 5.82 Å². The SMILES string of the molecule is COc1ccc(CCC(=O)c2c[nH]c3ccc(N4CCCC4)nc3c2=O)cc1. The first kappa shape index (κ1) is 18.2. The summed E-state index contributed by atoms with van der Waals surface area (Å²) in [4.78, 5) is 35.3. The molecule has 0 atom stereocenters. The quantitative estimate of drug-likeness (QED) is 0.667. The summed E-state index contributed by atoms with van der Waals surface area (Å²) in [6.07, 6.45) is 4.63. The number of fused-ring (bicyclic) bond motifs is 1. The number of ketones is 1. The lowest BCUT2D eigenvalue weighted by atomic mass is 10.0. The Balaban J connectivity index is 1.55. The van der Waals surface area contributed by atoms with E-state index in [4.69, 9.17) is 4.74 Å². The number of carbonyl (C=O) groups excluding carboxylic acids is 1. The molecule has 1 aliphatic rings. The number of anilines is 1. The van der Waals surface area contributed by atoms with Gasteiger partial charge in [0.05, 0.1) is 18.2 Å². The molecule has 2 aromatic heterocycles. The molecule has 4 rings (SSSR count). The van der Waals surface area contributed by atoms with Crippen LogP contribution < -0.4 is 15.1 Å². The molecule has 3 aromatic rings. The minimum atomic E-state index is -0.297. The van der Waals surface area contributed by atoms with Gasteiger partial charge in [-0.15, -0.1) is 0 Å². The second-order valence-electron chi connectivity index (χ2n) is 7.06. The van der Waals surface area contributed by atoms with Gasteiger partial charge in [-0.2, -0.15) is 0 Å². The van der Waals surface area contributed by atoms with Crippen LogP contribution in [0.3, 0.4) is 0 Å². The molecule has 1 aromatic carbocycles. The van der Waals surface area contributed by atoms with E-state index in [1.54, 1.807) is 7.11 Å². The van der Waals surface area contributed by atoms with E-state index in [0.29, 0.717) is 17.5 Å². The largest absolute Gasteiger partial charge is 0.497 e. The molecule has 1 saturated heterocycles. The summed E-state index contributed by atoms with van der Waals surface area (Å²) >= 11 is 0. The number of methoxy groups -OCH3 is 1. The van der Waals surface area contributed by atoms with Crippen molar-refractivity contribution in [2.75, 3.05) is 25.1 Å². The van der Waals surface area contributed by atoms with Gasteiger partial charge in [0.2, 0.25) is 5.43 Å². The lowest BCUT2D eigenvalue weighted by molar-refractivity contribution is 0.0981. The fourth-order valence-electron chi connectivity index (χ4n) is 3.60. The van der Waals surface area contributed by atoms with Gasteiger partial charge in [-0.1, -0.05) is 12.1 Å². The number of aryl methyl sites for hydroxylation is 1. The predicted octanol–water partition coefficient (Wildman–Crippen LogP) is 3.35. The van der Waals surface area contributed by atoms with Gasteiger partial charge in [0.25, 0.3) is 0 Å². The van der Waals surface area contributed by atoms with Crippen molar-refractivity contribution in [1.82, 2.24) is 9.97 Å². The topological polar surface area (TPSA) is 75.3 Å². The van der Waals surface area contributed by atoms with Crippen molar-refractivity contribution in [2.24, 2.45) is 0 Å². The third-order valence-electron chi connectivity index (χ3n) is 5.24. The lowest BCUT2D eigenvalue weighted by Crippen LogP contribution is -2.21. The third kappa shape index (κ3) is 3.63. The molecule has 0 saturated carbocycles. The lowest BCUT2D eigenvalue weighted by Gasteiger charge is -2.16. The van der Waals surface area contributed by atoms with Crippen LogP contribution in [0.25, 0.3) is 11.0 Å². The summed E-state index contributed by atoms with van der Waals surface area (Å²) in [7, 11) is 1.62. The maximum Gasteiger partial charge on any atom is 0.218 e. The predicted molar refractivity (Wildman–Crippen MR) is 109 cm³/mol. The molecule has 0 amide bonds. The van der Waals surface area contributed by atoms with Crippen LogP contribution in [0.1, 0.15) is 35.2 Å². The monoisotopic (exact) mass is 377 g/mol. The van der Waals surface area contributed by atoms with E-state index in [9.17, 15) is 9.59 Å². The van der Waals surface area contributed by atoms with E-state index < -0.39 is 0 Å². The molecule has 1 N–H and O–H groups in total. The molecular weight excluding hydrogens is 354 g/mol. The summed E-state index contributed by atoms with van der Waals surface area (Å²) in [5, 5.41) is 0. The Kier molecular flexibility index (Phi) is 5.10. The maximum atomic E-state index is 12.9. The number of rotatable bonds is 6. The summed E-state index contributed by atoms with van der Waals surface area (Å²) in [5.41, 5.74) is 1.89. The van der Waals surface area contributed by atoms with Gasteiger partial charge in [-0.25, -0.2) is 4.98 Å². The molecule has 0 unspecified atom stereocenters. The van der Waals surface area contributed by atoms with Crippen molar-refractivity contribution in [2.45, 2.75) is 25.7 Å². The van der Waals surface area contributed by atoms with Crippen LogP contribution in [0, 0.1) is 0 Å². The Labute approximate surface area is 163 Å². The molecule has 6 nitrogen and oxygen atoms in total. The molecule has 1 fully saturated rings. The average Bonchev–Trinajstić information content (AvgIpc) is 3.27. The molecule has 0 aliphatic carbocycles. The van der Waals surface area contributed by atoms with Crippen molar-refractivity contribution >= 4 is 22.6 Å². The summed E-state index contributed by atoms with van der Waals surface area (Å²) < 4.78 is 5.14. The van der Waals surface area contributed by atoms with E-state index in [2.05, 4.69) is 14.9 Å². The smallest absolute Gasteiger partial charge is 0.218 e. The molecule has 144 valence electrons. The van der Waals surface area contributed by atoms with Gasteiger partial charge in [-0.3, -0.25) is 9.59 Å². The highest BCUT2D eigenvalue weighted by Gasteiger charge is 2.17.